The van der Waals surface area contributed by atoms with Gasteiger partial charge in [0.1, 0.15) is 5.82 Å². The lowest BCUT2D eigenvalue weighted by Crippen LogP contribution is -2.35. The van der Waals surface area contributed by atoms with Gasteiger partial charge in [0.15, 0.2) is 0 Å². The molecule has 0 radical (unpaired) electrons. The number of hydrogen-bond acceptors (Lipinski definition) is 2. The Balaban J connectivity index is 2.34. The molecule has 1 N–H and O–H groups in total. The molecule has 0 aliphatic heterocycles. The van der Waals surface area contributed by atoms with E-state index in [9.17, 15) is 4.39 Å². The number of halogens is 1. The molecule has 0 unspecified atom stereocenters. The van der Waals surface area contributed by atoms with Gasteiger partial charge in [-0.2, -0.15) is 5.10 Å². The van der Waals surface area contributed by atoms with Crippen molar-refractivity contribution in [3.8, 4) is 11.3 Å². The number of aromatic nitrogens is 2. The van der Waals surface area contributed by atoms with Crippen LogP contribution in [0.3, 0.4) is 0 Å². The summed E-state index contributed by atoms with van der Waals surface area (Å²) in [6.07, 6.45) is 1.93. The van der Waals surface area contributed by atoms with Gasteiger partial charge in [0.25, 0.3) is 0 Å². The minimum atomic E-state index is -0.238. The molecule has 0 atom stereocenters. The number of hydrogen-bond donors (Lipinski definition) is 1. The van der Waals surface area contributed by atoms with E-state index in [0.717, 1.165) is 5.56 Å². The second-order valence-corrected chi connectivity index (χ2v) is 5.76. The van der Waals surface area contributed by atoms with Crippen LogP contribution in [-0.2, 0) is 13.6 Å². The average Bonchev–Trinajstić information content (AvgIpc) is 2.67. The van der Waals surface area contributed by atoms with E-state index in [0.29, 0.717) is 17.8 Å². The topological polar surface area (TPSA) is 29.9 Å². The predicted molar refractivity (Wildman–Crippen MR) is 75.2 cm³/mol. The third kappa shape index (κ3) is 3.41. The zero-order valence-corrected chi connectivity index (χ0v) is 11.9. The first-order valence-corrected chi connectivity index (χ1v) is 6.39. The molecule has 19 heavy (non-hydrogen) atoms. The lowest BCUT2D eigenvalue weighted by atomic mass is 10.1. The maximum Gasteiger partial charge on any atom is 0.132 e. The molecule has 1 aromatic carbocycles. The Morgan fingerprint density at radius 3 is 2.58 bits per heavy atom. The van der Waals surface area contributed by atoms with Crippen LogP contribution in [-0.4, -0.2) is 15.3 Å². The summed E-state index contributed by atoms with van der Waals surface area (Å²) >= 11 is 0. The fraction of sp³-hybridized carbons (Fsp3) is 0.400. The number of aryl methyl sites for hydroxylation is 1. The van der Waals surface area contributed by atoms with E-state index < -0.39 is 0 Å². The summed E-state index contributed by atoms with van der Waals surface area (Å²) in [6.45, 7) is 6.98. The quantitative estimate of drug-likeness (QED) is 0.920. The SMILES string of the molecule is Cn1cc(CNC(C)(C)C)c(-c2ccccc2F)n1. The summed E-state index contributed by atoms with van der Waals surface area (Å²) in [5.74, 6) is -0.238. The molecule has 0 fully saturated rings. The van der Waals surface area contributed by atoms with Gasteiger partial charge in [-0.05, 0) is 32.9 Å². The van der Waals surface area contributed by atoms with E-state index in [1.165, 1.54) is 6.07 Å². The van der Waals surface area contributed by atoms with Crippen molar-refractivity contribution >= 4 is 0 Å². The first-order valence-electron chi connectivity index (χ1n) is 6.39. The van der Waals surface area contributed by atoms with Crippen molar-refractivity contribution in [3.63, 3.8) is 0 Å². The normalized spacial score (nSPS) is 11.8. The summed E-state index contributed by atoms with van der Waals surface area (Å²) in [5, 5.41) is 7.78. The molecule has 4 heteroatoms. The van der Waals surface area contributed by atoms with Gasteiger partial charge in [-0.1, -0.05) is 12.1 Å². The molecule has 0 aliphatic carbocycles. The van der Waals surface area contributed by atoms with Crippen molar-refractivity contribution in [2.24, 2.45) is 7.05 Å². The zero-order valence-electron chi connectivity index (χ0n) is 11.9. The Morgan fingerprint density at radius 2 is 1.95 bits per heavy atom. The Kier molecular flexibility index (Phi) is 3.71. The van der Waals surface area contributed by atoms with Gasteiger partial charge in [-0.3, -0.25) is 4.68 Å². The summed E-state index contributed by atoms with van der Waals surface area (Å²) in [4.78, 5) is 0. The van der Waals surface area contributed by atoms with Crippen LogP contribution in [0.15, 0.2) is 30.5 Å². The molecule has 1 heterocycles. The maximum absolute atomic E-state index is 13.9. The Labute approximate surface area is 113 Å². The molecular weight excluding hydrogens is 241 g/mol. The molecule has 0 bridgehead atoms. The molecule has 102 valence electrons. The fourth-order valence-electron chi connectivity index (χ4n) is 1.91. The van der Waals surface area contributed by atoms with Crippen LogP contribution < -0.4 is 5.32 Å². The number of rotatable bonds is 3. The number of nitrogens with one attached hydrogen (secondary N) is 1. The summed E-state index contributed by atoms with van der Waals surface area (Å²) in [6, 6.07) is 6.74. The van der Waals surface area contributed by atoms with Crippen molar-refractivity contribution in [2.75, 3.05) is 0 Å². The molecule has 0 aliphatic rings. The van der Waals surface area contributed by atoms with E-state index in [-0.39, 0.29) is 11.4 Å². The highest BCUT2D eigenvalue weighted by molar-refractivity contribution is 5.63. The average molecular weight is 261 g/mol. The largest absolute Gasteiger partial charge is 0.308 e. The van der Waals surface area contributed by atoms with Gasteiger partial charge < -0.3 is 5.32 Å². The lowest BCUT2D eigenvalue weighted by Gasteiger charge is -2.20. The van der Waals surface area contributed by atoms with Crippen molar-refractivity contribution < 1.29 is 4.39 Å². The molecule has 0 saturated heterocycles. The minimum Gasteiger partial charge on any atom is -0.308 e. The van der Waals surface area contributed by atoms with Crippen molar-refractivity contribution in [2.45, 2.75) is 32.9 Å². The number of benzene rings is 1. The van der Waals surface area contributed by atoms with E-state index in [1.54, 1.807) is 16.8 Å². The van der Waals surface area contributed by atoms with E-state index >= 15 is 0 Å². The fourth-order valence-corrected chi connectivity index (χ4v) is 1.91. The van der Waals surface area contributed by atoms with Gasteiger partial charge in [0, 0.05) is 36.5 Å². The highest BCUT2D eigenvalue weighted by Crippen LogP contribution is 2.24. The van der Waals surface area contributed by atoms with Crippen molar-refractivity contribution in [1.29, 1.82) is 0 Å². The molecule has 0 amide bonds. The second kappa shape index (κ2) is 5.13. The van der Waals surface area contributed by atoms with Crippen LogP contribution in [0.25, 0.3) is 11.3 Å². The maximum atomic E-state index is 13.9. The molecule has 1 aromatic heterocycles. The number of nitrogens with zero attached hydrogens (tertiary/aromatic N) is 2. The Bertz CT molecular complexity index is 567. The van der Waals surface area contributed by atoms with E-state index in [1.807, 2.05) is 19.3 Å². The lowest BCUT2D eigenvalue weighted by molar-refractivity contribution is 0.424. The van der Waals surface area contributed by atoms with Crippen LogP contribution in [0, 0.1) is 5.82 Å². The predicted octanol–water partition coefficient (Wildman–Crippen LogP) is 3.11. The highest BCUT2D eigenvalue weighted by atomic mass is 19.1. The van der Waals surface area contributed by atoms with Gasteiger partial charge in [-0.25, -0.2) is 4.39 Å². The van der Waals surface area contributed by atoms with Gasteiger partial charge in [0.2, 0.25) is 0 Å². The first-order chi connectivity index (χ1) is 8.87. The van der Waals surface area contributed by atoms with Gasteiger partial charge >= 0.3 is 0 Å². The molecule has 0 saturated carbocycles. The first kappa shape index (κ1) is 13.7. The van der Waals surface area contributed by atoms with Crippen LogP contribution in [0.1, 0.15) is 26.3 Å². The van der Waals surface area contributed by atoms with Crippen LogP contribution in [0.4, 0.5) is 4.39 Å². The van der Waals surface area contributed by atoms with Gasteiger partial charge in [0.05, 0.1) is 5.69 Å². The Morgan fingerprint density at radius 1 is 1.26 bits per heavy atom. The molecule has 2 aromatic rings. The van der Waals surface area contributed by atoms with Crippen molar-refractivity contribution in [3.05, 3.63) is 41.8 Å². The minimum absolute atomic E-state index is 0.0162. The van der Waals surface area contributed by atoms with Crippen LogP contribution >= 0.6 is 0 Å². The standard InChI is InChI=1S/C15H20FN3/c1-15(2,3)17-9-11-10-19(4)18-14(11)12-7-5-6-8-13(12)16/h5-8,10,17H,9H2,1-4H3. The van der Waals surface area contributed by atoms with Crippen molar-refractivity contribution in [1.82, 2.24) is 15.1 Å². The second-order valence-electron chi connectivity index (χ2n) is 5.76. The zero-order chi connectivity index (χ0) is 14.0. The third-order valence-electron chi connectivity index (χ3n) is 2.84. The van der Waals surface area contributed by atoms with Crippen LogP contribution in [0.2, 0.25) is 0 Å². The molecular formula is C15H20FN3. The summed E-state index contributed by atoms with van der Waals surface area (Å²) in [5.41, 5.74) is 2.27. The highest BCUT2D eigenvalue weighted by Gasteiger charge is 2.16. The van der Waals surface area contributed by atoms with E-state index in [2.05, 4.69) is 31.2 Å². The third-order valence-corrected chi connectivity index (χ3v) is 2.84. The molecule has 2 rings (SSSR count). The monoisotopic (exact) mass is 261 g/mol. The van der Waals surface area contributed by atoms with Gasteiger partial charge in [-0.15, -0.1) is 0 Å². The summed E-state index contributed by atoms with van der Waals surface area (Å²) in [7, 11) is 1.85. The summed E-state index contributed by atoms with van der Waals surface area (Å²) < 4.78 is 15.6. The Hall–Kier alpha value is -1.68. The van der Waals surface area contributed by atoms with E-state index in [4.69, 9.17) is 0 Å². The van der Waals surface area contributed by atoms with Crippen LogP contribution in [0.5, 0.6) is 0 Å². The molecule has 3 nitrogen and oxygen atoms in total. The molecule has 0 spiro atoms. The smallest absolute Gasteiger partial charge is 0.132 e.